The lowest BCUT2D eigenvalue weighted by Gasteiger charge is -1.94. The Bertz CT molecular complexity index is 174. The second kappa shape index (κ2) is 3.66. The predicted molar refractivity (Wildman–Crippen MR) is 35.1 cm³/mol. The normalized spacial score (nSPS) is 13.3. The van der Waals surface area contributed by atoms with Gasteiger partial charge in [0, 0.05) is 0 Å². The maximum absolute atomic E-state index is 10.1. The van der Waals surface area contributed by atoms with Gasteiger partial charge < -0.3 is 10.8 Å². The first-order chi connectivity index (χ1) is 4.54. The number of rotatable bonds is 3. The minimum absolute atomic E-state index is 0.631. The minimum atomic E-state index is -0.975. The van der Waals surface area contributed by atoms with E-state index in [0.717, 1.165) is 6.08 Å². The molecule has 0 saturated carbocycles. The standard InChI is InChI=1S/C6H9NO3/c1-4(6(9)10)2-3-5(7)8/h2-4H,1H3,(H2,7,8)(H,9,10)/b3-2+. The Balaban J connectivity index is 3.89. The van der Waals surface area contributed by atoms with E-state index in [-0.39, 0.29) is 0 Å². The number of carboxylic acids is 1. The lowest BCUT2D eigenvalue weighted by molar-refractivity contribution is -0.139. The summed E-state index contributed by atoms with van der Waals surface area (Å²) < 4.78 is 0. The number of carbonyl (C=O) groups is 2. The van der Waals surface area contributed by atoms with Crippen molar-refractivity contribution in [3.63, 3.8) is 0 Å². The van der Waals surface area contributed by atoms with Gasteiger partial charge in [-0.1, -0.05) is 6.08 Å². The highest BCUT2D eigenvalue weighted by Crippen LogP contribution is 1.95. The number of carbonyl (C=O) groups excluding carboxylic acids is 1. The van der Waals surface area contributed by atoms with E-state index in [0.29, 0.717) is 0 Å². The van der Waals surface area contributed by atoms with Crippen LogP contribution in [0, 0.1) is 5.92 Å². The highest BCUT2D eigenvalue weighted by Gasteiger charge is 2.04. The zero-order valence-corrected chi connectivity index (χ0v) is 5.57. The lowest BCUT2D eigenvalue weighted by Crippen LogP contribution is -2.10. The Labute approximate surface area is 58.3 Å². The van der Waals surface area contributed by atoms with Crippen LogP contribution in [-0.4, -0.2) is 17.0 Å². The average Bonchev–Trinajstić information content (AvgIpc) is 1.82. The zero-order valence-electron chi connectivity index (χ0n) is 5.57. The SMILES string of the molecule is CC(/C=C/C(N)=O)C(=O)O. The Kier molecular flexibility index (Phi) is 3.17. The van der Waals surface area contributed by atoms with Crippen LogP contribution >= 0.6 is 0 Å². The smallest absolute Gasteiger partial charge is 0.310 e. The summed E-state index contributed by atoms with van der Waals surface area (Å²) in [6.07, 6.45) is 2.28. The second-order valence-corrected chi connectivity index (χ2v) is 1.89. The largest absolute Gasteiger partial charge is 0.481 e. The number of hydrogen-bond donors (Lipinski definition) is 2. The lowest BCUT2D eigenvalue weighted by atomic mass is 10.2. The Morgan fingerprint density at radius 3 is 2.40 bits per heavy atom. The van der Waals surface area contributed by atoms with Crippen molar-refractivity contribution >= 4 is 11.9 Å². The van der Waals surface area contributed by atoms with Gasteiger partial charge in [-0.25, -0.2) is 0 Å². The molecule has 0 aliphatic heterocycles. The van der Waals surface area contributed by atoms with Gasteiger partial charge in [-0.15, -0.1) is 0 Å². The van der Waals surface area contributed by atoms with Gasteiger partial charge in [0.25, 0.3) is 0 Å². The summed E-state index contributed by atoms with van der Waals surface area (Å²) in [5, 5.41) is 8.29. The van der Waals surface area contributed by atoms with Gasteiger partial charge in [-0.3, -0.25) is 9.59 Å². The zero-order chi connectivity index (χ0) is 8.15. The van der Waals surface area contributed by atoms with E-state index < -0.39 is 17.8 Å². The van der Waals surface area contributed by atoms with Crippen LogP contribution < -0.4 is 5.73 Å². The molecule has 3 N–H and O–H groups in total. The number of aliphatic carboxylic acids is 1. The molecule has 0 bridgehead atoms. The monoisotopic (exact) mass is 143 g/mol. The molecule has 1 unspecified atom stereocenters. The molecule has 0 fully saturated rings. The quantitative estimate of drug-likeness (QED) is 0.534. The van der Waals surface area contributed by atoms with Gasteiger partial charge in [0.2, 0.25) is 5.91 Å². The summed E-state index contributed by atoms with van der Waals surface area (Å²) in [6.45, 7) is 1.46. The Morgan fingerprint density at radius 2 is 2.10 bits per heavy atom. The van der Waals surface area contributed by atoms with Crippen LogP contribution in [0.5, 0.6) is 0 Å². The van der Waals surface area contributed by atoms with Crippen molar-refractivity contribution in [3.05, 3.63) is 12.2 Å². The van der Waals surface area contributed by atoms with E-state index in [2.05, 4.69) is 0 Å². The van der Waals surface area contributed by atoms with Crippen LogP contribution in [0.3, 0.4) is 0 Å². The van der Waals surface area contributed by atoms with Crippen molar-refractivity contribution in [2.24, 2.45) is 11.7 Å². The first-order valence-electron chi connectivity index (χ1n) is 2.74. The topological polar surface area (TPSA) is 80.4 Å². The molecule has 1 amide bonds. The van der Waals surface area contributed by atoms with Crippen LogP contribution in [0.4, 0.5) is 0 Å². The molecule has 0 spiro atoms. The first kappa shape index (κ1) is 8.68. The fourth-order valence-electron chi connectivity index (χ4n) is 0.321. The highest BCUT2D eigenvalue weighted by molar-refractivity contribution is 5.86. The van der Waals surface area contributed by atoms with E-state index in [9.17, 15) is 9.59 Å². The molecule has 0 aliphatic carbocycles. The van der Waals surface area contributed by atoms with Gasteiger partial charge >= 0.3 is 5.97 Å². The number of primary amides is 1. The van der Waals surface area contributed by atoms with E-state index >= 15 is 0 Å². The number of carboxylic acid groups (broad SMARTS) is 1. The molecule has 10 heavy (non-hydrogen) atoms. The van der Waals surface area contributed by atoms with Crippen molar-refractivity contribution in [3.8, 4) is 0 Å². The fourth-order valence-corrected chi connectivity index (χ4v) is 0.321. The molecule has 0 heterocycles. The molecule has 4 nitrogen and oxygen atoms in total. The van der Waals surface area contributed by atoms with Gasteiger partial charge in [-0.05, 0) is 13.0 Å². The molecule has 0 aromatic carbocycles. The van der Waals surface area contributed by atoms with E-state index in [1.54, 1.807) is 0 Å². The predicted octanol–water partition coefficient (Wildman–Crippen LogP) is -0.251. The van der Waals surface area contributed by atoms with E-state index in [4.69, 9.17) is 10.8 Å². The maximum Gasteiger partial charge on any atom is 0.310 e. The highest BCUT2D eigenvalue weighted by atomic mass is 16.4. The third-order valence-electron chi connectivity index (χ3n) is 0.939. The molecule has 0 rings (SSSR count). The Hall–Kier alpha value is -1.32. The van der Waals surface area contributed by atoms with Gasteiger partial charge in [-0.2, -0.15) is 0 Å². The average molecular weight is 143 g/mol. The molecule has 0 aromatic rings. The summed E-state index contributed by atoms with van der Waals surface area (Å²) in [4.78, 5) is 20.2. The summed E-state index contributed by atoms with van der Waals surface area (Å²) in [5.74, 6) is -2.27. The molecular formula is C6H9NO3. The van der Waals surface area contributed by atoms with Crippen LogP contribution in [0.15, 0.2) is 12.2 Å². The molecule has 56 valence electrons. The van der Waals surface area contributed by atoms with Crippen molar-refractivity contribution < 1.29 is 14.7 Å². The molecule has 0 saturated heterocycles. The molecule has 0 aliphatic rings. The summed E-state index contributed by atoms with van der Waals surface area (Å²) in [5.41, 5.74) is 4.72. The van der Waals surface area contributed by atoms with Crippen molar-refractivity contribution in [1.82, 2.24) is 0 Å². The van der Waals surface area contributed by atoms with Crippen LogP contribution in [0.1, 0.15) is 6.92 Å². The Morgan fingerprint density at radius 1 is 1.60 bits per heavy atom. The molecule has 4 heteroatoms. The van der Waals surface area contributed by atoms with Crippen molar-refractivity contribution in [2.45, 2.75) is 6.92 Å². The first-order valence-corrected chi connectivity index (χ1v) is 2.74. The number of hydrogen-bond acceptors (Lipinski definition) is 2. The van der Waals surface area contributed by atoms with E-state index in [1.165, 1.54) is 13.0 Å². The van der Waals surface area contributed by atoms with E-state index in [1.807, 2.05) is 0 Å². The summed E-state index contributed by atoms with van der Waals surface area (Å²) in [7, 11) is 0. The minimum Gasteiger partial charge on any atom is -0.481 e. The second-order valence-electron chi connectivity index (χ2n) is 1.89. The van der Waals surface area contributed by atoms with Gasteiger partial charge in [0.05, 0.1) is 5.92 Å². The van der Waals surface area contributed by atoms with Crippen LogP contribution in [0.2, 0.25) is 0 Å². The summed E-state index contributed by atoms with van der Waals surface area (Å²) in [6, 6.07) is 0. The summed E-state index contributed by atoms with van der Waals surface area (Å²) >= 11 is 0. The molecule has 0 radical (unpaired) electrons. The van der Waals surface area contributed by atoms with Crippen molar-refractivity contribution in [2.75, 3.05) is 0 Å². The fraction of sp³-hybridized carbons (Fsp3) is 0.333. The van der Waals surface area contributed by atoms with Gasteiger partial charge in [0.15, 0.2) is 0 Å². The third-order valence-corrected chi connectivity index (χ3v) is 0.939. The third kappa shape index (κ3) is 3.65. The molecule has 1 atom stereocenters. The maximum atomic E-state index is 10.1. The number of nitrogens with two attached hydrogens (primary N) is 1. The molecular weight excluding hydrogens is 134 g/mol. The van der Waals surface area contributed by atoms with Crippen molar-refractivity contribution in [1.29, 1.82) is 0 Å². The molecule has 0 aromatic heterocycles. The van der Waals surface area contributed by atoms with Gasteiger partial charge in [0.1, 0.15) is 0 Å². The van der Waals surface area contributed by atoms with Crippen LogP contribution in [0.25, 0.3) is 0 Å². The van der Waals surface area contributed by atoms with Crippen LogP contribution in [-0.2, 0) is 9.59 Å². The number of amides is 1.